The Morgan fingerprint density at radius 2 is 1.63 bits per heavy atom. The highest BCUT2D eigenvalue weighted by molar-refractivity contribution is 9.10. The predicted octanol–water partition coefficient (Wildman–Crippen LogP) is 4.29. The van der Waals surface area contributed by atoms with Crippen LogP contribution in [0.25, 0.3) is 0 Å². The number of halogens is 1. The van der Waals surface area contributed by atoms with Gasteiger partial charge in [0.05, 0.1) is 17.5 Å². The molecule has 2 aromatic rings. The zero-order valence-corrected chi connectivity index (χ0v) is 16.0. The van der Waals surface area contributed by atoms with Gasteiger partial charge in [0.15, 0.2) is 5.78 Å². The van der Waals surface area contributed by atoms with Gasteiger partial charge >= 0.3 is 5.97 Å². The molecule has 3 rings (SSSR count). The molecule has 2 unspecified atom stereocenters. The second-order valence-electron chi connectivity index (χ2n) is 6.37. The first-order valence-corrected chi connectivity index (χ1v) is 9.34. The second-order valence-corrected chi connectivity index (χ2v) is 7.28. The molecule has 2 atom stereocenters. The van der Waals surface area contributed by atoms with Gasteiger partial charge in [0, 0.05) is 15.6 Å². The number of allylic oxidation sites excluding steroid dienone is 2. The minimum atomic E-state index is -0.990. The molecule has 0 spiro atoms. The average molecular weight is 428 g/mol. The first kappa shape index (κ1) is 19.0. The Hall–Kier alpha value is -2.73. The number of ketones is 1. The van der Waals surface area contributed by atoms with E-state index in [1.807, 2.05) is 12.1 Å². The van der Waals surface area contributed by atoms with Crippen molar-refractivity contribution in [3.8, 4) is 0 Å². The highest BCUT2D eigenvalue weighted by Crippen LogP contribution is 2.29. The van der Waals surface area contributed by atoms with Crippen LogP contribution in [0.15, 0.2) is 65.2 Å². The average Bonchev–Trinajstić information content (AvgIpc) is 2.69. The maximum Gasteiger partial charge on any atom is 0.307 e. The van der Waals surface area contributed by atoms with Crippen molar-refractivity contribution in [3.05, 3.63) is 76.3 Å². The quantitative estimate of drug-likeness (QED) is 0.550. The summed E-state index contributed by atoms with van der Waals surface area (Å²) < 4.78 is 0.712. The van der Waals surface area contributed by atoms with Gasteiger partial charge in [0.1, 0.15) is 0 Å². The number of carboxylic acids is 1. The lowest BCUT2D eigenvalue weighted by molar-refractivity contribution is -0.146. The Morgan fingerprint density at radius 1 is 0.963 bits per heavy atom. The Balaban J connectivity index is 1.89. The van der Waals surface area contributed by atoms with Crippen LogP contribution in [0.4, 0.5) is 5.69 Å². The minimum Gasteiger partial charge on any atom is -0.481 e. The number of nitrogens with one attached hydrogen (secondary N) is 1. The molecule has 27 heavy (non-hydrogen) atoms. The van der Waals surface area contributed by atoms with Crippen molar-refractivity contribution in [2.24, 2.45) is 11.8 Å². The molecule has 1 amide bonds. The first-order valence-electron chi connectivity index (χ1n) is 8.55. The maximum atomic E-state index is 12.9. The van der Waals surface area contributed by atoms with Crippen molar-refractivity contribution in [2.75, 3.05) is 5.32 Å². The molecule has 0 saturated carbocycles. The highest BCUT2D eigenvalue weighted by atomic mass is 79.9. The topological polar surface area (TPSA) is 83.5 Å². The molecule has 0 aromatic heterocycles. The second kappa shape index (κ2) is 8.31. The summed E-state index contributed by atoms with van der Waals surface area (Å²) in [4.78, 5) is 37.1. The molecular weight excluding hydrogens is 410 g/mol. The molecule has 0 saturated heterocycles. The third-order valence-corrected chi connectivity index (χ3v) is 5.10. The standard InChI is InChI=1S/C21H18BrNO4/c22-14-10-11-18(17(12-14)19(24)13-6-2-1-3-7-13)23-20(25)15-8-4-5-9-16(15)21(26)27/h1-7,10-12,15-16H,8-9H2,(H,23,25)(H,26,27). The SMILES string of the molecule is O=C(c1ccccc1)c1cc(Br)ccc1NC(=O)C1CC=CCC1C(=O)O. The van der Waals surface area contributed by atoms with Crippen LogP contribution >= 0.6 is 15.9 Å². The number of benzene rings is 2. The van der Waals surface area contributed by atoms with Crippen LogP contribution in [0.2, 0.25) is 0 Å². The van der Waals surface area contributed by atoms with E-state index in [4.69, 9.17) is 0 Å². The van der Waals surface area contributed by atoms with Crippen molar-refractivity contribution >= 4 is 39.3 Å². The van der Waals surface area contributed by atoms with Gasteiger partial charge in [0.25, 0.3) is 0 Å². The fourth-order valence-corrected chi connectivity index (χ4v) is 3.52. The smallest absolute Gasteiger partial charge is 0.307 e. The molecular formula is C21H18BrNO4. The van der Waals surface area contributed by atoms with Gasteiger partial charge < -0.3 is 10.4 Å². The number of carboxylic acid groups (broad SMARTS) is 1. The number of amides is 1. The highest BCUT2D eigenvalue weighted by Gasteiger charge is 2.34. The Bertz CT molecular complexity index is 908. The van der Waals surface area contributed by atoms with Crippen molar-refractivity contribution in [1.29, 1.82) is 0 Å². The molecule has 0 aliphatic heterocycles. The molecule has 138 valence electrons. The largest absolute Gasteiger partial charge is 0.481 e. The summed E-state index contributed by atoms with van der Waals surface area (Å²) >= 11 is 3.36. The molecule has 0 fully saturated rings. The molecule has 1 aliphatic rings. The third kappa shape index (κ3) is 4.34. The number of hydrogen-bond acceptors (Lipinski definition) is 3. The summed E-state index contributed by atoms with van der Waals surface area (Å²) in [5, 5.41) is 12.1. The van der Waals surface area contributed by atoms with E-state index in [9.17, 15) is 19.5 Å². The summed E-state index contributed by atoms with van der Waals surface area (Å²) in [6, 6.07) is 13.8. The van der Waals surface area contributed by atoms with Crippen LogP contribution < -0.4 is 5.32 Å². The van der Waals surface area contributed by atoms with E-state index in [1.165, 1.54) is 0 Å². The van der Waals surface area contributed by atoms with Crippen LogP contribution in [-0.2, 0) is 9.59 Å². The van der Waals surface area contributed by atoms with E-state index in [1.54, 1.807) is 48.5 Å². The molecule has 2 aromatic carbocycles. The fourth-order valence-electron chi connectivity index (χ4n) is 3.16. The van der Waals surface area contributed by atoms with E-state index >= 15 is 0 Å². The number of carbonyl (C=O) groups excluding carboxylic acids is 2. The van der Waals surface area contributed by atoms with Crippen LogP contribution in [0, 0.1) is 11.8 Å². The summed E-state index contributed by atoms with van der Waals surface area (Å²) in [6.07, 6.45) is 4.29. The molecule has 2 N–H and O–H groups in total. The number of anilines is 1. The van der Waals surface area contributed by atoms with E-state index in [0.29, 0.717) is 34.1 Å². The van der Waals surface area contributed by atoms with Crippen molar-refractivity contribution in [3.63, 3.8) is 0 Å². The van der Waals surface area contributed by atoms with E-state index < -0.39 is 23.7 Å². The van der Waals surface area contributed by atoms with Gasteiger partial charge in [0.2, 0.25) is 5.91 Å². The minimum absolute atomic E-state index is 0.217. The molecule has 0 bridgehead atoms. The zero-order valence-electron chi connectivity index (χ0n) is 14.4. The van der Waals surface area contributed by atoms with E-state index in [-0.39, 0.29) is 5.78 Å². The van der Waals surface area contributed by atoms with Crippen LogP contribution in [0.5, 0.6) is 0 Å². The van der Waals surface area contributed by atoms with Crippen LogP contribution in [0.3, 0.4) is 0 Å². The Morgan fingerprint density at radius 3 is 2.30 bits per heavy atom. The maximum absolute atomic E-state index is 12.9. The monoisotopic (exact) mass is 427 g/mol. The number of carbonyl (C=O) groups is 3. The predicted molar refractivity (Wildman–Crippen MR) is 106 cm³/mol. The van der Waals surface area contributed by atoms with Gasteiger partial charge in [-0.1, -0.05) is 58.4 Å². The zero-order chi connectivity index (χ0) is 19.4. The Kier molecular flexibility index (Phi) is 5.86. The van der Waals surface area contributed by atoms with Gasteiger partial charge in [-0.3, -0.25) is 14.4 Å². The van der Waals surface area contributed by atoms with E-state index in [2.05, 4.69) is 21.2 Å². The van der Waals surface area contributed by atoms with Crippen molar-refractivity contribution in [1.82, 2.24) is 0 Å². The van der Waals surface area contributed by atoms with E-state index in [0.717, 1.165) is 0 Å². The third-order valence-electron chi connectivity index (χ3n) is 4.61. The summed E-state index contributed by atoms with van der Waals surface area (Å²) in [6.45, 7) is 0. The van der Waals surface area contributed by atoms with Crippen LogP contribution in [-0.4, -0.2) is 22.8 Å². The van der Waals surface area contributed by atoms with Crippen molar-refractivity contribution < 1.29 is 19.5 Å². The lowest BCUT2D eigenvalue weighted by Gasteiger charge is -2.24. The molecule has 5 nitrogen and oxygen atoms in total. The summed E-state index contributed by atoms with van der Waals surface area (Å²) in [5.41, 5.74) is 1.23. The van der Waals surface area contributed by atoms with Gasteiger partial charge in [-0.05, 0) is 31.0 Å². The van der Waals surface area contributed by atoms with Gasteiger partial charge in [-0.15, -0.1) is 0 Å². The lowest BCUT2D eigenvalue weighted by Crippen LogP contribution is -2.35. The fraction of sp³-hybridized carbons (Fsp3) is 0.190. The van der Waals surface area contributed by atoms with Crippen molar-refractivity contribution in [2.45, 2.75) is 12.8 Å². The molecule has 6 heteroatoms. The van der Waals surface area contributed by atoms with Crippen LogP contribution in [0.1, 0.15) is 28.8 Å². The molecule has 0 heterocycles. The normalized spacial score (nSPS) is 18.7. The lowest BCUT2D eigenvalue weighted by atomic mass is 9.82. The first-order chi connectivity index (χ1) is 13.0. The summed E-state index contributed by atoms with van der Waals surface area (Å²) in [5.74, 6) is -3.04. The Labute approximate surface area is 165 Å². The number of rotatable bonds is 5. The van der Waals surface area contributed by atoms with Gasteiger partial charge in [-0.2, -0.15) is 0 Å². The molecule has 1 aliphatic carbocycles. The number of aliphatic carboxylic acids is 1. The number of hydrogen-bond donors (Lipinski definition) is 2. The van der Waals surface area contributed by atoms with Gasteiger partial charge in [-0.25, -0.2) is 0 Å². The summed E-state index contributed by atoms with van der Waals surface area (Å²) in [7, 11) is 0. The molecule has 0 radical (unpaired) electrons.